The number of hydrogen-bond acceptors (Lipinski definition) is 0. The first-order valence-electron chi connectivity index (χ1n) is 4.80. The lowest BCUT2D eigenvalue weighted by molar-refractivity contribution is 1.50. The van der Waals surface area contributed by atoms with Gasteiger partial charge in [0.15, 0.2) is 0 Å². The van der Waals surface area contributed by atoms with E-state index in [2.05, 4.69) is 19.7 Å². The molecule has 0 heteroatoms. The molecule has 0 fully saturated rings. The predicted octanol–water partition coefficient (Wildman–Crippen LogP) is 5.16. The highest BCUT2D eigenvalue weighted by atomic mass is 13.5. The van der Waals surface area contributed by atoms with Crippen LogP contribution in [-0.2, 0) is 0 Å². The Morgan fingerprint density at radius 1 is 0.692 bits per heavy atom. The van der Waals surface area contributed by atoms with Crippen molar-refractivity contribution in [3.63, 3.8) is 0 Å². The van der Waals surface area contributed by atoms with Crippen LogP contribution in [-0.4, -0.2) is 0 Å². The Balaban J connectivity index is -0.0000000493. The van der Waals surface area contributed by atoms with Crippen LogP contribution in [0.15, 0.2) is 50.1 Å². The van der Waals surface area contributed by atoms with E-state index in [1.807, 2.05) is 46.8 Å². The zero-order valence-corrected chi connectivity index (χ0v) is 10.0. The molecular formula is C13H26. The summed E-state index contributed by atoms with van der Waals surface area (Å²) < 4.78 is 0. The molecule has 78 valence electrons. The zero-order chi connectivity index (χ0) is 11.5. The van der Waals surface area contributed by atoms with Gasteiger partial charge in [-0.15, -0.1) is 6.58 Å². The maximum absolute atomic E-state index is 3.46. The van der Waals surface area contributed by atoms with Crippen LogP contribution in [0, 0.1) is 0 Å². The van der Waals surface area contributed by atoms with Gasteiger partial charge in [0, 0.05) is 0 Å². The Morgan fingerprint density at radius 2 is 0.846 bits per heavy atom. The summed E-state index contributed by atoms with van der Waals surface area (Å²) in [4.78, 5) is 0. The van der Waals surface area contributed by atoms with E-state index in [9.17, 15) is 0 Å². The van der Waals surface area contributed by atoms with Crippen LogP contribution in [0.4, 0.5) is 0 Å². The van der Waals surface area contributed by atoms with Crippen molar-refractivity contribution in [2.75, 3.05) is 0 Å². The molecule has 0 aromatic carbocycles. The Morgan fingerprint density at radius 3 is 0.923 bits per heavy atom. The lowest BCUT2D eigenvalue weighted by atomic mass is 10.5. The van der Waals surface area contributed by atoms with Crippen molar-refractivity contribution < 1.29 is 0 Å². The van der Waals surface area contributed by atoms with Crippen molar-refractivity contribution in [1.29, 1.82) is 0 Å². The standard InChI is InChI=1S/C6H8.C3H6.2C2H6/c1-3-5-6-4-2;1-3-2;2*1-2/h3-6H,1-2H2;3H,1H2,2H3;2*1-2H3/b6-5-;;;. The van der Waals surface area contributed by atoms with E-state index in [-0.39, 0.29) is 0 Å². The van der Waals surface area contributed by atoms with Crippen LogP contribution in [0.3, 0.4) is 0 Å². The van der Waals surface area contributed by atoms with Crippen molar-refractivity contribution in [2.45, 2.75) is 34.6 Å². The van der Waals surface area contributed by atoms with E-state index in [1.54, 1.807) is 18.2 Å². The van der Waals surface area contributed by atoms with E-state index >= 15 is 0 Å². The third-order valence-corrected chi connectivity index (χ3v) is 0.383. The minimum atomic E-state index is 1.71. The average Bonchev–Trinajstić information content (AvgIpc) is 2.22. The highest BCUT2D eigenvalue weighted by molar-refractivity contribution is 5.05. The van der Waals surface area contributed by atoms with Gasteiger partial charge in [0.25, 0.3) is 0 Å². The summed E-state index contributed by atoms with van der Waals surface area (Å²) in [6.07, 6.45) is 8.82. The monoisotopic (exact) mass is 182 g/mol. The molecule has 0 spiro atoms. The highest BCUT2D eigenvalue weighted by Gasteiger charge is 1.47. The number of rotatable bonds is 2. The van der Waals surface area contributed by atoms with Gasteiger partial charge >= 0.3 is 0 Å². The van der Waals surface area contributed by atoms with Crippen molar-refractivity contribution in [1.82, 2.24) is 0 Å². The molecule has 0 saturated carbocycles. The maximum Gasteiger partial charge on any atom is -0.0473 e. The number of hydrogen-bond donors (Lipinski definition) is 0. The average molecular weight is 182 g/mol. The molecule has 0 radical (unpaired) electrons. The maximum atomic E-state index is 3.46. The quantitative estimate of drug-likeness (QED) is 0.409. The molecule has 13 heavy (non-hydrogen) atoms. The normalized spacial score (nSPS) is 5.92. The third kappa shape index (κ3) is 229. The van der Waals surface area contributed by atoms with E-state index in [4.69, 9.17) is 0 Å². The molecule has 0 bridgehead atoms. The molecule has 0 rings (SSSR count). The topological polar surface area (TPSA) is 0 Å². The van der Waals surface area contributed by atoms with Gasteiger partial charge in [0.1, 0.15) is 0 Å². The van der Waals surface area contributed by atoms with Gasteiger partial charge in [-0.05, 0) is 6.92 Å². The summed E-state index contributed by atoms with van der Waals surface area (Å²) in [7, 11) is 0. The molecule has 0 aromatic heterocycles. The Bertz CT molecular complexity index is 86.6. The van der Waals surface area contributed by atoms with Gasteiger partial charge in [0.2, 0.25) is 0 Å². The molecule has 0 N–H and O–H groups in total. The molecule has 0 aromatic rings. The van der Waals surface area contributed by atoms with Crippen LogP contribution in [0.5, 0.6) is 0 Å². The first kappa shape index (κ1) is 22.7. The molecule has 0 heterocycles. The SMILES string of the molecule is C=C/C=C\C=C.C=CC.CC.CC. The first-order valence-corrected chi connectivity index (χ1v) is 4.80. The van der Waals surface area contributed by atoms with Gasteiger partial charge in [-0.25, -0.2) is 0 Å². The molecule has 0 amide bonds. The smallest absolute Gasteiger partial charge is 0.0473 e. The minimum absolute atomic E-state index is 1.71. The van der Waals surface area contributed by atoms with Gasteiger partial charge in [-0.3, -0.25) is 0 Å². The molecule has 0 aliphatic rings. The Kier molecular flexibility index (Phi) is 121. The minimum Gasteiger partial charge on any atom is -0.103 e. The first-order chi connectivity index (χ1) is 6.33. The lowest BCUT2D eigenvalue weighted by Crippen LogP contribution is -1.38. The summed E-state index contributed by atoms with van der Waals surface area (Å²) in [6, 6.07) is 0. The summed E-state index contributed by atoms with van der Waals surface area (Å²) in [6.45, 7) is 20.2. The molecule has 0 aliphatic carbocycles. The summed E-state index contributed by atoms with van der Waals surface area (Å²) in [5, 5.41) is 0. The molecule has 0 nitrogen and oxygen atoms in total. The highest BCUT2D eigenvalue weighted by Crippen LogP contribution is 1.69. The second-order valence-corrected chi connectivity index (χ2v) is 1.26. The second kappa shape index (κ2) is 69.3. The van der Waals surface area contributed by atoms with Gasteiger partial charge in [-0.1, -0.05) is 71.2 Å². The fraction of sp³-hybridized carbons (Fsp3) is 0.385. The van der Waals surface area contributed by atoms with Crippen molar-refractivity contribution >= 4 is 0 Å². The lowest BCUT2D eigenvalue weighted by Gasteiger charge is -1.60. The van der Waals surface area contributed by atoms with Crippen LogP contribution in [0.1, 0.15) is 34.6 Å². The van der Waals surface area contributed by atoms with E-state index < -0.39 is 0 Å². The molecule has 0 saturated heterocycles. The van der Waals surface area contributed by atoms with Crippen LogP contribution >= 0.6 is 0 Å². The molecule has 0 unspecified atom stereocenters. The molecule has 0 aliphatic heterocycles. The summed E-state index contributed by atoms with van der Waals surface area (Å²) in [5.74, 6) is 0. The van der Waals surface area contributed by atoms with Crippen molar-refractivity contribution in [3.8, 4) is 0 Å². The zero-order valence-electron chi connectivity index (χ0n) is 10.0. The van der Waals surface area contributed by atoms with Gasteiger partial charge in [-0.2, -0.15) is 0 Å². The number of allylic oxidation sites excluding steroid dienone is 5. The van der Waals surface area contributed by atoms with Crippen molar-refractivity contribution in [3.05, 3.63) is 50.1 Å². The van der Waals surface area contributed by atoms with Crippen LogP contribution < -0.4 is 0 Å². The van der Waals surface area contributed by atoms with Gasteiger partial charge in [0.05, 0.1) is 0 Å². The van der Waals surface area contributed by atoms with Crippen molar-refractivity contribution in [2.24, 2.45) is 0 Å². The van der Waals surface area contributed by atoms with Crippen LogP contribution in [0.25, 0.3) is 0 Å². The fourth-order valence-electron chi connectivity index (χ4n) is 0.157. The Hall–Kier alpha value is -1.04. The summed E-state index contributed by atoms with van der Waals surface area (Å²) in [5.41, 5.74) is 0. The molecular weight excluding hydrogens is 156 g/mol. The predicted molar refractivity (Wildman–Crippen MR) is 68.1 cm³/mol. The Labute approximate surface area is 85.4 Å². The summed E-state index contributed by atoms with van der Waals surface area (Å²) >= 11 is 0. The van der Waals surface area contributed by atoms with E-state index in [1.165, 1.54) is 0 Å². The second-order valence-electron chi connectivity index (χ2n) is 1.26. The van der Waals surface area contributed by atoms with E-state index in [0.29, 0.717) is 0 Å². The largest absolute Gasteiger partial charge is 0.103 e. The van der Waals surface area contributed by atoms with Crippen LogP contribution in [0.2, 0.25) is 0 Å². The third-order valence-electron chi connectivity index (χ3n) is 0.383. The fourth-order valence-corrected chi connectivity index (χ4v) is 0.157. The molecule has 0 atom stereocenters. The van der Waals surface area contributed by atoms with Gasteiger partial charge < -0.3 is 0 Å². The van der Waals surface area contributed by atoms with E-state index in [0.717, 1.165) is 0 Å².